The van der Waals surface area contributed by atoms with E-state index in [0.29, 0.717) is 21.7 Å². The lowest BCUT2D eigenvalue weighted by Gasteiger charge is -2.32. The molecule has 0 saturated carbocycles. The zero-order valence-corrected chi connectivity index (χ0v) is 13.9. The van der Waals surface area contributed by atoms with Crippen LogP contribution in [0.4, 0.5) is 5.69 Å². The van der Waals surface area contributed by atoms with E-state index in [-0.39, 0.29) is 5.54 Å². The number of nitrogen functional groups attached to an aromatic ring is 1. The SMILES string of the molecule is CCC(CC)(CC)NS(=O)(=O)c1c(C)cc(N)cc1C. The number of rotatable bonds is 6. The minimum absolute atomic E-state index is 0.353. The zero-order chi connectivity index (χ0) is 15.6. The number of hydrogen-bond acceptors (Lipinski definition) is 3. The van der Waals surface area contributed by atoms with Crippen LogP contribution in [-0.2, 0) is 10.0 Å². The van der Waals surface area contributed by atoms with Gasteiger partial charge in [-0.25, -0.2) is 13.1 Å². The normalized spacial score (nSPS) is 12.7. The molecule has 3 N–H and O–H groups in total. The van der Waals surface area contributed by atoms with Gasteiger partial charge in [-0.05, 0) is 56.4 Å². The van der Waals surface area contributed by atoms with Crippen molar-refractivity contribution in [3.63, 3.8) is 0 Å². The molecule has 0 unspecified atom stereocenters. The number of nitrogens with one attached hydrogen (secondary N) is 1. The Bertz CT molecular complexity index is 544. The summed E-state index contributed by atoms with van der Waals surface area (Å²) >= 11 is 0. The molecule has 0 spiro atoms. The van der Waals surface area contributed by atoms with Crippen molar-refractivity contribution >= 4 is 15.7 Å². The molecule has 1 rings (SSSR count). The maximum Gasteiger partial charge on any atom is 0.241 e. The highest BCUT2D eigenvalue weighted by Crippen LogP contribution is 2.27. The number of nitrogens with two attached hydrogens (primary N) is 1. The second-order valence-electron chi connectivity index (χ2n) is 5.43. The molecule has 20 heavy (non-hydrogen) atoms. The summed E-state index contributed by atoms with van der Waals surface area (Å²) in [5.41, 5.74) is 7.35. The van der Waals surface area contributed by atoms with Crippen LogP contribution >= 0.6 is 0 Å². The third-order valence-corrected chi connectivity index (χ3v) is 6.02. The first kappa shape index (κ1) is 17.0. The molecule has 0 radical (unpaired) electrons. The largest absolute Gasteiger partial charge is 0.399 e. The number of benzene rings is 1. The molecular weight excluding hydrogens is 272 g/mol. The fourth-order valence-electron chi connectivity index (χ4n) is 2.71. The van der Waals surface area contributed by atoms with E-state index in [0.717, 1.165) is 19.3 Å². The maximum absolute atomic E-state index is 12.7. The van der Waals surface area contributed by atoms with Crippen LogP contribution in [0, 0.1) is 13.8 Å². The van der Waals surface area contributed by atoms with Gasteiger partial charge in [0.1, 0.15) is 0 Å². The van der Waals surface area contributed by atoms with Gasteiger partial charge in [-0.15, -0.1) is 0 Å². The molecule has 0 heterocycles. The summed E-state index contributed by atoms with van der Waals surface area (Å²) in [6, 6.07) is 3.40. The molecular formula is C15H26N2O2S. The van der Waals surface area contributed by atoms with Crippen molar-refractivity contribution < 1.29 is 8.42 Å². The average molecular weight is 298 g/mol. The molecule has 5 heteroatoms. The quantitative estimate of drug-likeness (QED) is 0.792. The van der Waals surface area contributed by atoms with Crippen molar-refractivity contribution in [2.24, 2.45) is 0 Å². The Morgan fingerprint density at radius 1 is 1.05 bits per heavy atom. The number of sulfonamides is 1. The van der Waals surface area contributed by atoms with Gasteiger partial charge < -0.3 is 5.73 Å². The van der Waals surface area contributed by atoms with Crippen molar-refractivity contribution in [3.05, 3.63) is 23.3 Å². The molecule has 0 bridgehead atoms. The predicted molar refractivity (Wildman–Crippen MR) is 84.3 cm³/mol. The number of aryl methyl sites for hydroxylation is 2. The summed E-state index contributed by atoms with van der Waals surface area (Å²) in [4.78, 5) is 0.353. The van der Waals surface area contributed by atoms with Crippen LogP contribution in [-0.4, -0.2) is 14.0 Å². The van der Waals surface area contributed by atoms with Crippen molar-refractivity contribution in [2.45, 2.75) is 64.3 Å². The Hall–Kier alpha value is -1.07. The van der Waals surface area contributed by atoms with Crippen LogP contribution in [0.2, 0.25) is 0 Å². The number of anilines is 1. The minimum atomic E-state index is -3.54. The van der Waals surface area contributed by atoms with Gasteiger partial charge in [-0.1, -0.05) is 20.8 Å². The Balaban J connectivity index is 3.32. The van der Waals surface area contributed by atoms with Crippen LogP contribution in [0.5, 0.6) is 0 Å². The van der Waals surface area contributed by atoms with Gasteiger partial charge in [0.25, 0.3) is 0 Å². The summed E-state index contributed by atoms with van der Waals surface area (Å²) < 4.78 is 28.4. The van der Waals surface area contributed by atoms with Crippen molar-refractivity contribution in [2.75, 3.05) is 5.73 Å². The van der Waals surface area contributed by atoms with Gasteiger partial charge in [-0.3, -0.25) is 0 Å². The van der Waals surface area contributed by atoms with E-state index in [1.807, 2.05) is 20.8 Å². The Morgan fingerprint density at radius 2 is 1.45 bits per heavy atom. The van der Waals surface area contributed by atoms with Crippen molar-refractivity contribution in [3.8, 4) is 0 Å². The zero-order valence-electron chi connectivity index (χ0n) is 13.1. The van der Waals surface area contributed by atoms with Crippen LogP contribution in [0.25, 0.3) is 0 Å². The fraction of sp³-hybridized carbons (Fsp3) is 0.600. The van der Waals surface area contributed by atoms with Crippen LogP contribution in [0.15, 0.2) is 17.0 Å². The lowest BCUT2D eigenvalue weighted by atomic mass is 9.91. The van der Waals surface area contributed by atoms with E-state index < -0.39 is 10.0 Å². The van der Waals surface area contributed by atoms with E-state index in [1.54, 1.807) is 26.0 Å². The Morgan fingerprint density at radius 3 is 1.80 bits per heavy atom. The summed E-state index contributed by atoms with van der Waals surface area (Å²) in [6.07, 6.45) is 2.31. The highest BCUT2D eigenvalue weighted by atomic mass is 32.2. The van der Waals surface area contributed by atoms with Gasteiger partial charge in [0.15, 0.2) is 0 Å². The van der Waals surface area contributed by atoms with Gasteiger partial charge in [0.05, 0.1) is 4.90 Å². The standard InChI is InChI=1S/C15H26N2O2S/c1-6-15(7-2,8-3)17-20(18,19)14-11(4)9-13(16)10-12(14)5/h9-10,17H,6-8,16H2,1-5H3. The third-order valence-electron chi connectivity index (χ3n) is 4.13. The molecule has 4 nitrogen and oxygen atoms in total. The molecule has 1 aromatic carbocycles. The molecule has 0 atom stereocenters. The Kier molecular flexibility index (Phi) is 5.21. The van der Waals surface area contributed by atoms with Crippen molar-refractivity contribution in [1.82, 2.24) is 4.72 Å². The molecule has 0 aromatic heterocycles. The summed E-state index contributed by atoms with van der Waals surface area (Å²) in [5.74, 6) is 0. The van der Waals surface area contributed by atoms with Gasteiger partial charge >= 0.3 is 0 Å². The topological polar surface area (TPSA) is 72.2 Å². The summed E-state index contributed by atoms with van der Waals surface area (Å²) in [7, 11) is -3.54. The predicted octanol–water partition coefficient (Wildman–Crippen LogP) is 3.13. The van der Waals surface area contributed by atoms with Crippen molar-refractivity contribution in [1.29, 1.82) is 0 Å². The van der Waals surface area contributed by atoms with E-state index in [9.17, 15) is 8.42 Å². The van der Waals surface area contributed by atoms with E-state index in [4.69, 9.17) is 5.73 Å². The minimum Gasteiger partial charge on any atom is -0.399 e. The second kappa shape index (κ2) is 6.14. The van der Waals surface area contributed by atoms with E-state index in [1.165, 1.54) is 0 Å². The first-order valence-electron chi connectivity index (χ1n) is 7.12. The van der Waals surface area contributed by atoms with Gasteiger partial charge in [0.2, 0.25) is 10.0 Å². The van der Waals surface area contributed by atoms with Crippen LogP contribution < -0.4 is 10.5 Å². The van der Waals surface area contributed by atoms with E-state index in [2.05, 4.69) is 4.72 Å². The molecule has 0 aliphatic carbocycles. The smallest absolute Gasteiger partial charge is 0.241 e. The number of hydrogen-bond donors (Lipinski definition) is 2. The highest BCUT2D eigenvalue weighted by Gasteiger charge is 2.31. The molecule has 0 amide bonds. The molecule has 0 saturated heterocycles. The first-order valence-corrected chi connectivity index (χ1v) is 8.60. The second-order valence-corrected chi connectivity index (χ2v) is 7.05. The first-order chi connectivity index (χ1) is 9.21. The molecule has 1 aromatic rings. The van der Waals surface area contributed by atoms with Crippen LogP contribution in [0.1, 0.15) is 51.2 Å². The fourth-order valence-corrected chi connectivity index (χ4v) is 4.78. The Labute approximate surface area is 122 Å². The van der Waals surface area contributed by atoms with Crippen LogP contribution in [0.3, 0.4) is 0 Å². The average Bonchev–Trinajstić information content (AvgIpc) is 2.34. The molecule has 114 valence electrons. The lowest BCUT2D eigenvalue weighted by molar-refractivity contribution is 0.341. The molecule has 0 fully saturated rings. The lowest BCUT2D eigenvalue weighted by Crippen LogP contribution is -2.47. The van der Waals surface area contributed by atoms with E-state index >= 15 is 0 Å². The molecule has 0 aliphatic rings. The monoisotopic (exact) mass is 298 g/mol. The third kappa shape index (κ3) is 3.33. The summed E-state index contributed by atoms with van der Waals surface area (Å²) in [5, 5.41) is 0. The summed E-state index contributed by atoms with van der Waals surface area (Å²) in [6.45, 7) is 9.60. The molecule has 0 aliphatic heterocycles. The maximum atomic E-state index is 12.7. The highest BCUT2D eigenvalue weighted by molar-refractivity contribution is 7.89. The van der Waals surface area contributed by atoms with Gasteiger partial charge in [0, 0.05) is 11.2 Å². The van der Waals surface area contributed by atoms with Gasteiger partial charge in [-0.2, -0.15) is 0 Å².